The van der Waals surface area contributed by atoms with Crippen molar-refractivity contribution in [2.75, 3.05) is 13.1 Å². The number of carbonyl (C=O) groups excluding carboxylic acids is 2. The summed E-state index contributed by atoms with van der Waals surface area (Å²) in [6.07, 6.45) is 2.64. The summed E-state index contributed by atoms with van der Waals surface area (Å²) in [5.74, 6) is -0.141. The molecular formula is C28H29N3O2S. The fourth-order valence-electron chi connectivity index (χ4n) is 3.86. The molecule has 1 aliphatic heterocycles. The Morgan fingerprint density at radius 2 is 1.44 bits per heavy atom. The van der Waals surface area contributed by atoms with Gasteiger partial charge >= 0.3 is 0 Å². The largest absolute Gasteiger partial charge is 0.356 e. The van der Waals surface area contributed by atoms with Crippen molar-refractivity contribution in [2.24, 2.45) is 4.99 Å². The van der Waals surface area contributed by atoms with Gasteiger partial charge in [-0.3, -0.25) is 14.5 Å². The van der Waals surface area contributed by atoms with Gasteiger partial charge in [0.05, 0.1) is 5.69 Å². The number of nitrogens with one attached hydrogen (secondary N) is 1. The Hall–Kier alpha value is -3.38. The monoisotopic (exact) mass is 471 g/mol. The molecule has 0 saturated carbocycles. The third-order valence-electron chi connectivity index (χ3n) is 5.64. The van der Waals surface area contributed by atoms with Gasteiger partial charge in [0, 0.05) is 19.5 Å². The van der Waals surface area contributed by atoms with Crippen molar-refractivity contribution < 1.29 is 9.59 Å². The summed E-state index contributed by atoms with van der Waals surface area (Å²) in [5.41, 5.74) is 3.23. The fraction of sp³-hybridized carbons (Fsp3) is 0.250. The molecular weight excluding hydrogens is 442 g/mol. The molecule has 0 bridgehead atoms. The van der Waals surface area contributed by atoms with E-state index in [4.69, 9.17) is 4.99 Å². The number of para-hydroxylation sites is 1. The highest BCUT2D eigenvalue weighted by Crippen LogP contribution is 2.31. The van der Waals surface area contributed by atoms with E-state index in [0.29, 0.717) is 18.3 Å². The van der Waals surface area contributed by atoms with E-state index in [0.717, 1.165) is 24.9 Å². The van der Waals surface area contributed by atoms with E-state index < -0.39 is 5.25 Å². The van der Waals surface area contributed by atoms with E-state index in [1.165, 1.54) is 22.9 Å². The molecule has 1 atom stereocenters. The second kappa shape index (κ2) is 12.2. The fourth-order valence-corrected chi connectivity index (χ4v) is 5.05. The second-order valence-electron chi connectivity index (χ2n) is 8.21. The van der Waals surface area contributed by atoms with Gasteiger partial charge in [-0.15, -0.1) is 0 Å². The number of amides is 2. The smallest absolute Gasteiger partial charge is 0.242 e. The van der Waals surface area contributed by atoms with Crippen molar-refractivity contribution >= 4 is 34.4 Å². The number of aliphatic imine (C=N–C) groups is 1. The van der Waals surface area contributed by atoms with E-state index in [1.54, 1.807) is 4.90 Å². The summed E-state index contributed by atoms with van der Waals surface area (Å²) < 4.78 is 0. The van der Waals surface area contributed by atoms with Gasteiger partial charge in [-0.1, -0.05) is 90.6 Å². The molecule has 34 heavy (non-hydrogen) atoms. The summed E-state index contributed by atoms with van der Waals surface area (Å²) in [7, 11) is 0. The maximum Gasteiger partial charge on any atom is 0.242 e. The molecule has 1 fully saturated rings. The lowest BCUT2D eigenvalue weighted by molar-refractivity contribution is -0.129. The quantitative estimate of drug-likeness (QED) is 0.453. The highest BCUT2D eigenvalue weighted by atomic mass is 32.2. The Labute approximate surface area is 205 Å². The molecule has 2 amide bonds. The minimum Gasteiger partial charge on any atom is -0.356 e. The first-order chi connectivity index (χ1) is 16.7. The third-order valence-corrected chi connectivity index (χ3v) is 6.82. The third kappa shape index (κ3) is 6.81. The van der Waals surface area contributed by atoms with Crippen LogP contribution in [0.3, 0.4) is 0 Å². The molecule has 0 aromatic heterocycles. The van der Waals surface area contributed by atoms with Crippen LogP contribution >= 0.6 is 11.8 Å². The van der Waals surface area contributed by atoms with Crippen molar-refractivity contribution in [1.29, 1.82) is 0 Å². The Kier molecular flexibility index (Phi) is 8.52. The molecule has 1 N–H and O–H groups in total. The number of thioether (sulfide) groups is 1. The Morgan fingerprint density at radius 3 is 2.09 bits per heavy atom. The lowest BCUT2D eigenvalue weighted by Crippen LogP contribution is -2.35. The molecule has 174 valence electrons. The predicted molar refractivity (Wildman–Crippen MR) is 139 cm³/mol. The molecule has 0 spiro atoms. The number of hydrogen-bond donors (Lipinski definition) is 1. The van der Waals surface area contributed by atoms with Crippen LogP contribution in [0, 0.1) is 0 Å². The lowest BCUT2D eigenvalue weighted by Gasteiger charge is -2.16. The second-order valence-corrected chi connectivity index (χ2v) is 9.38. The van der Waals surface area contributed by atoms with Crippen LogP contribution in [0.2, 0.25) is 0 Å². The Morgan fingerprint density at radius 1 is 0.853 bits per heavy atom. The predicted octanol–water partition coefficient (Wildman–Crippen LogP) is 5.00. The van der Waals surface area contributed by atoms with Gasteiger partial charge in [0.25, 0.3) is 0 Å². The van der Waals surface area contributed by atoms with Gasteiger partial charge in [-0.2, -0.15) is 0 Å². The molecule has 1 saturated heterocycles. The molecule has 0 aliphatic carbocycles. The number of hydrogen-bond acceptors (Lipinski definition) is 4. The van der Waals surface area contributed by atoms with Crippen LogP contribution in [-0.2, 0) is 22.4 Å². The first-order valence-corrected chi connectivity index (χ1v) is 12.5. The van der Waals surface area contributed by atoms with Crippen molar-refractivity contribution in [3.63, 3.8) is 0 Å². The zero-order valence-electron chi connectivity index (χ0n) is 19.1. The topological polar surface area (TPSA) is 61.8 Å². The molecule has 3 aromatic carbocycles. The van der Waals surface area contributed by atoms with E-state index in [1.807, 2.05) is 78.9 Å². The average Bonchev–Trinajstić information content (AvgIpc) is 3.15. The zero-order valence-corrected chi connectivity index (χ0v) is 19.9. The number of nitrogens with zero attached hydrogens (tertiary/aromatic N) is 2. The molecule has 5 nitrogen and oxygen atoms in total. The average molecular weight is 472 g/mol. The normalized spacial score (nSPS) is 16.7. The number of aryl methyl sites for hydroxylation is 1. The number of carbonyl (C=O) groups is 2. The number of rotatable bonds is 10. The van der Waals surface area contributed by atoms with E-state index in [-0.39, 0.29) is 18.2 Å². The van der Waals surface area contributed by atoms with Gasteiger partial charge < -0.3 is 5.32 Å². The van der Waals surface area contributed by atoms with Gasteiger partial charge in [0.2, 0.25) is 11.8 Å². The van der Waals surface area contributed by atoms with Crippen LogP contribution in [0.15, 0.2) is 96.0 Å². The summed E-state index contributed by atoms with van der Waals surface area (Å²) in [4.78, 5) is 32.3. The molecule has 6 heteroatoms. The van der Waals surface area contributed by atoms with Gasteiger partial charge in [0.15, 0.2) is 5.17 Å². The van der Waals surface area contributed by atoms with Gasteiger partial charge in [-0.05, 0) is 42.5 Å². The molecule has 0 unspecified atom stereocenters. The maximum absolute atomic E-state index is 13.2. The van der Waals surface area contributed by atoms with Crippen molar-refractivity contribution in [3.8, 4) is 0 Å². The van der Waals surface area contributed by atoms with Crippen LogP contribution in [0.4, 0.5) is 5.69 Å². The maximum atomic E-state index is 13.2. The number of benzene rings is 3. The Bertz CT molecular complexity index is 1100. The van der Waals surface area contributed by atoms with Crippen LogP contribution in [-0.4, -0.2) is 40.2 Å². The highest BCUT2D eigenvalue weighted by molar-refractivity contribution is 8.15. The van der Waals surface area contributed by atoms with E-state index in [2.05, 4.69) is 17.4 Å². The Balaban J connectivity index is 1.37. The van der Waals surface area contributed by atoms with Crippen LogP contribution in [0.5, 0.6) is 0 Å². The molecule has 3 aromatic rings. The minimum atomic E-state index is -0.448. The lowest BCUT2D eigenvalue weighted by atomic mass is 10.1. The summed E-state index contributed by atoms with van der Waals surface area (Å²) in [6.45, 7) is 1.14. The van der Waals surface area contributed by atoms with E-state index in [9.17, 15) is 9.59 Å². The van der Waals surface area contributed by atoms with Gasteiger partial charge in [0.1, 0.15) is 5.25 Å². The summed E-state index contributed by atoms with van der Waals surface area (Å²) >= 11 is 1.39. The van der Waals surface area contributed by atoms with Gasteiger partial charge in [-0.25, -0.2) is 4.99 Å². The number of amidine groups is 1. The van der Waals surface area contributed by atoms with Crippen molar-refractivity contribution in [1.82, 2.24) is 10.2 Å². The van der Waals surface area contributed by atoms with Crippen LogP contribution in [0.25, 0.3) is 0 Å². The SMILES string of the molecule is O=C(C[C@@H]1SC(=Nc2ccccc2)N(CCCc2ccccc2)C1=O)NCCc1ccccc1. The van der Waals surface area contributed by atoms with Crippen LogP contribution < -0.4 is 5.32 Å². The van der Waals surface area contributed by atoms with Crippen molar-refractivity contribution in [3.05, 3.63) is 102 Å². The molecule has 0 radical (unpaired) electrons. The van der Waals surface area contributed by atoms with Crippen LogP contribution in [0.1, 0.15) is 24.0 Å². The standard InChI is InChI=1S/C28H29N3O2S/c32-26(29-19-18-23-13-6-2-7-14-23)21-25-27(33)31(20-10-15-22-11-4-1-5-12-22)28(34-25)30-24-16-8-3-9-17-24/h1-9,11-14,16-17,25H,10,15,18-21H2,(H,29,32)/t25-/m0/s1. The molecule has 4 rings (SSSR count). The summed E-state index contributed by atoms with van der Waals surface area (Å²) in [6, 6.07) is 29.9. The van der Waals surface area contributed by atoms with Crippen molar-refractivity contribution in [2.45, 2.75) is 30.9 Å². The zero-order chi connectivity index (χ0) is 23.6. The minimum absolute atomic E-state index is 0.0362. The first kappa shape index (κ1) is 23.8. The molecule has 1 aliphatic rings. The molecule has 1 heterocycles. The first-order valence-electron chi connectivity index (χ1n) is 11.7. The highest BCUT2D eigenvalue weighted by Gasteiger charge is 2.38. The van der Waals surface area contributed by atoms with E-state index >= 15 is 0 Å². The summed E-state index contributed by atoms with van der Waals surface area (Å²) in [5, 5.41) is 3.18.